The summed E-state index contributed by atoms with van der Waals surface area (Å²) in [4.78, 5) is 22.1. The average molecular weight is 381 g/mol. The highest BCUT2D eigenvalue weighted by molar-refractivity contribution is 9.10. The van der Waals surface area contributed by atoms with Crippen LogP contribution in [0.1, 0.15) is 30.3 Å². The van der Waals surface area contributed by atoms with Gasteiger partial charge in [0.15, 0.2) is 4.67 Å². The van der Waals surface area contributed by atoms with Gasteiger partial charge in [-0.05, 0) is 35.7 Å². The van der Waals surface area contributed by atoms with Gasteiger partial charge in [0, 0.05) is 12.1 Å². The van der Waals surface area contributed by atoms with E-state index in [9.17, 15) is 18.0 Å². The number of furan rings is 1. The zero-order chi connectivity index (χ0) is 15.8. The van der Waals surface area contributed by atoms with Crippen molar-refractivity contribution in [2.75, 3.05) is 0 Å². The van der Waals surface area contributed by atoms with Crippen LogP contribution in [-0.2, 0) is 14.8 Å². The second-order valence-corrected chi connectivity index (χ2v) is 7.08. The first-order valence-corrected chi connectivity index (χ1v) is 8.33. The van der Waals surface area contributed by atoms with E-state index in [1.54, 1.807) is 0 Å². The Morgan fingerprint density at radius 2 is 2.10 bits per heavy atom. The molecular weight excluding hydrogens is 368 g/mol. The number of rotatable bonds is 6. The molecule has 1 amide bonds. The van der Waals surface area contributed by atoms with Crippen LogP contribution in [-0.4, -0.2) is 37.5 Å². The van der Waals surface area contributed by atoms with Gasteiger partial charge >= 0.3 is 5.97 Å². The van der Waals surface area contributed by atoms with E-state index >= 15 is 0 Å². The van der Waals surface area contributed by atoms with E-state index in [2.05, 4.69) is 26.0 Å². The molecule has 21 heavy (non-hydrogen) atoms. The number of halogens is 1. The Kier molecular flexibility index (Phi) is 4.40. The Bertz CT molecular complexity index is 679. The van der Waals surface area contributed by atoms with E-state index in [0.717, 1.165) is 18.9 Å². The van der Waals surface area contributed by atoms with Crippen molar-refractivity contribution in [2.24, 2.45) is 0 Å². The number of aromatic carboxylic acids is 1. The molecule has 1 fully saturated rings. The summed E-state index contributed by atoms with van der Waals surface area (Å²) in [7, 11) is -4.08. The normalized spacial score (nSPS) is 16.5. The monoisotopic (exact) mass is 380 g/mol. The molecule has 0 radical (unpaired) electrons. The number of amides is 1. The van der Waals surface area contributed by atoms with E-state index in [1.807, 2.05) is 0 Å². The molecule has 1 saturated carbocycles. The molecule has 0 aromatic carbocycles. The van der Waals surface area contributed by atoms with E-state index in [1.165, 1.54) is 6.92 Å². The zero-order valence-corrected chi connectivity index (χ0v) is 13.3. The average Bonchev–Trinajstić information content (AvgIpc) is 3.07. The van der Waals surface area contributed by atoms with Crippen molar-refractivity contribution in [1.29, 1.82) is 0 Å². The molecule has 116 valence electrons. The second-order valence-electron chi connectivity index (χ2n) is 4.68. The van der Waals surface area contributed by atoms with Gasteiger partial charge in [0.2, 0.25) is 21.7 Å². The van der Waals surface area contributed by atoms with Crippen molar-refractivity contribution >= 4 is 37.8 Å². The van der Waals surface area contributed by atoms with Crippen LogP contribution >= 0.6 is 15.9 Å². The summed E-state index contributed by atoms with van der Waals surface area (Å²) >= 11 is 2.85. The first-order valence-electron chi connectivity index (χ1n) is 6.06. The fourth-order valence-corrected chi connectivity index (χ4v) is 3.69. The maximum absolute atomic E-state index is 12.1. The Morgan fingerprint density at radius 3 is 2.57 bits per heavy atom. The summed E-state index contributed by atoms with van der Waals surface area (Å²) in [6.07, 6.45) is 1.78. The van der Waals surface area contributed by atoms with Crippen molar-refractivity contribution in [3.63, 3.8) is 0 Å². The van der Waals surface area contributed by atoms with Gasteiger partial charge in [-0.2, -0.15) is 4.72 Å². The molecule has 1 heterocycles. The lowest BCUT2D eigenvalue weighted by atomic mass is 10.3. The molecule has 0 aliphatic heterocycles. The van der Waals surface area contributed by atoms with Crippen LogP contribution in [0.5, 0.6) is 0 Å². The summed E-state index contributed by atoms with van der Waals surface area (Å²) < 4.78 is 31.0. The maximum Gasteiger partial charge on any atom is 0.371 e. The standard InChI is InChI=1S/C11H13BrN2O6S/c1-5(10(15)13-6-2-3-6)14-21(18,19)8-4-7(11(16)17)20-9(8)12/h4-6,14H,2-3H2,1H3,(H,13,15)(H,16,17). The summed E-state index contributed by atoms with van der Waals surface area (Å²) in [6.45, 7) is 1.40. The first-order chi connectivity index (χ1) is 9.70. The fraction of sp³-hybridized carbons (Fsp3) is 0.455. The lowest BCUT2D eigenvalue weighted by Crippen LogP contribution is -2.45. The molecule has 8 nitrogen and oxygen atoms in total. The van der Waals surface area contributed by atoms with Crippen LogP contribution in [0.25, 0.3) is 0 Å². The van der Waals surface area contributed by atoms with Gasteiger partial charge in [-0.15, -0.1) is 0 Å². The van der Waals surface area contributed by atoms with E-state index in [0.29, 0.717) is 0 Å². The first kappa shape index (κ1) is 16.0. The summed E-state index contributed by atoms with van der Waals surface area (Å²) in [6, 6.07) is 0.00897. The van der Waals surface area contributed by atoms with Gasteiger partial charge in [0.25, 0.3) is 0 Å². The highest BCUT2D eigenvalue weighted by Gasteiger charge is 2.30. The summed E-state index contributed by atoms with van der Waals surface area (Å²) in [5.74, 6) is -2.34. The van der Waals surface area contributed by atoms with Gasteiger partial charge in [-0.1, -0.05) is 0 Å². The molecule has 2 rings (SSSR count). The minimum atomic E-state index is -4.08. The molecule has 10 heteroatoms. The minimum absolute atomic E-state index is 0.115. The van der Waals surface area contributed by atoms with Crippen molar-refractivity contribution in [3.05, 3.63) is 16.5 Å². The number of nitrogens with one attached hydrogen (secondary N) is 2. The van der Waals surface area contributed by atoms with Gasteiger partial charge in [0.05, 0.1) is 6.04 Å². The van der Waals surface area contributed by atoms with Crippen LogP contribution in [0.4, 0.5) is 0 Å². The number of sulfonamides is 1. The molecule has 1 unspecified atom stereocenters. The van der Waals surface area contributed by atoms with E-state index in [4.69, 9.17) is 9.52 Å². The van der Waals surface area contributed by atoms with Crippen LogP contribution in [0.3, 0.4) is 0 Å². The third-order valence-corrected chi connectivity index (χ3v) is 5.20. The second kappa shape index (κ2) is 5.78. The number of hydrogen-bond donors (Lipinski definition) is 3. The topological polar surface area (TPSA) is 126 Å². The number of hydrogen-bond acceptors (Lipinski definition) is 5. The van der Waals surface area contributed by atoms with Crippen LogP contribution in [0.15, 0.2) is 20.0 Å². The SMILES string of the molecule is CC(NS(=O)(=O)c1cc(C(=O)O)oc1Br)C(=O)NC1CC1. The molecule has 1 aromatic rings. The van der Waals surface area contributed by atoms with E-state index in [-0.39, 0.29) is 15.6 Å². The summed E-state index contributed by atoms with van der Waals surface area (Å²) in [5.41, 5.74) is 0. The van der Waals surface area contributed by atoms with Gasteiger partial charge in [-0.25, -0.2) is 13.2 Å². The highest BCUT2D eigenvalue weighted by Crippen LogP contribution is 2.26. The molecule has 1 aliphatic rings. The van der Waals surface area contributed by atoms with Crippen molar-refractivity contribution < 1.29 is 27.5 Å². The third-order valence-electron chi connectivity index (χ3n) is 2.80. The molecule has 1 aromatic heterocycles. The fourth-order valence-electron chi connectivity index (χ4n) is 1.54. The molecular formula is C11H13BrN2O6S. The van der Waals surface area contributed by atoms with Crippen molar-refractivity contribution in [2.45, 2.75) is 36.7 Å². The Labute approximate surface area is 129 Å². The van der Waals surface area contributed by atoms with Gasteiger partial charge < -0.3 is 14.8 Å². The lowest BCUT2D eigenvalue weighted by molar-refractivity contribution is -0.122. The molecule has 0 spiro atoms. The Balaban J connectivity index is 2.13. The molecule has 1 aliphatic carbocycles. The maximum atomic E-state index is 12.1. The predicted octanol–water partition coefficient (Wildman–Crippen LogP) is 0.686. The molecule has 3 N–H and O–H groups in total. The molecule has 0 saturated heterocycles. The third kappa shape index (κ3) is 3.83. The minimum Gasteiger partial charge on any atom is -0.475 e. The predicted molar refractivity (Wildman–Crippen MR) is 74.3 cm³/mol. The highest BCUT2D eigenvalue weighted by atomic mass is 79.9. The van der Waals surface area contributed by atoms with Crippen LogP contribution in [0, 0.1) is 0 Å². The Morgan fingerprint density at radius 1 is 1.48 bits per heavy atom. The number of carboxylic acid groups (broad SMARTS) is 1. The van der Waals surface area contributed by atoms with Gasteiger partial charge in [-0.3, -0.25) is 4.79 Å². The quantitative estimate of drug-likeness (QED) is 0.666. The van der Waals surface area contributed by atoms with E-state index < -0.39 is 33.7 Å². The summed E-state index contributed by atoms with van der Waals surface area (Å²) in [5, 5.41) is 11.4. The molecule has 1 atom stereocenters. The Hall–Kier alpha value is -1.39. The zero-order valence-electron chi connectivity index (χ0n) is 10.9. The van der Waals surface area contributed by atoms with Crippen molar-refractivity contribution in [1.82, 2.24) is 10.0 Å². The number of carboxylic acids is 1. The lowest BCUT2D eigenvalue weighted by Gasteiger charge is -2.13. The number of carbonyl (C=O) groups excluding carboxylic acids is 1. The van der Waals surface area contributed by atoms with Crippen LogP contribution in [0.2, 0.25) is 0 Å². The molecule has 0 bridgehead atoms. The smallest absolute Gasteiger partial charge is 0.371 e. The largest absolute Gasteiger partial charge is 0.475 e. The van der Waals surface area contributed by atoms with Gasteiger partial charge in [0.1, 0.15) is 4.90 Å². The van der Waals surface area contributed by atoms with Crippen LogP contribution < -0.4 is 10.0 Å². The van der Waals surface area contributed by atoms with Crippen molar-refractivity contribution in [3.8, 4) is 0 Å². The number of carbonyl (C=O) groups is 2.